The standard InChI is InChI=1S/C49H40O3/c1-47(2)42-26-30-12-8-7-11-29(30)25-39(42)35-21-17-32(27-43(35)47)49(31-15-18-33(50-5)19-16-31)24-23-38-45-44(37-13-9-10-14-41(37)48(45,3)4)36-22-20-34(51-6)28-40(36)46(38)52-49/h7-28H,1-6H3. The van der Waals surface area contributed by atoms with Gasteiger partial charge in [0.2, 0.25) is 0 Å². The van der Waals surface area contributed by atoms with Gasteiger partial charge >= 0.3 is 0 Å². The molecule has 7 aromatic rings. The van der Waals surface area contributed by atoms with Crippen LogP contribution in [0.4, 0.5) is 0 Å². The van der Waals surface area contributed by atoms with E-state index in [1.165, 1.54) is 60.7 Å². The minimum Gasteiger partial charge on any atom is -0.497 e. The molecule has 3 heteroatoms. The van der Waals surface area contributed by atoms with Crippen LogP contribution in [0.1, 0.15) is 66.6 Å². The normalized spacial score (nSPS) is 18.3. The van der Waals surface area contributed by atoms with Crippen LogP contribution in [0, 0.1) is 0 Å². The summed E-state index contributed by atoms with van der Waals surface area (Å²) in [5, 5.41) is 4.75. The lowest BCUT2D eigenvalue weighted by molar-refractivity contribution is 0.163. The van der Waals surface area contributed by atoms with Gasteiger partial charge < -0.3 is 14.2 Å². The second-order valence-electron chi connectivity index (χ2n) is 15.6. The van der Waals surface area contributed by atoms with Crippen molar-refractivity contribution in [2.45, 2.75) is 44.1 Å². The highest BCUT2D eigenvalue weighted by Gasteiger charge is 2.45. The molecule has 0 N–H and O–H groups in total. The van der Waals surface area contributed by atoms with Crippen molar-refractivity contribution in [1.29, 1.82) is 0 Å². The Kier molecular flexibility index (Phi) is 6.32. The molecule has 0 bridgehead atoms. The highest BCUT2D eigenvalue weighted by Crippen LogP contribution is 2.59. The van der Waals surface area contributed by atoms with Crippen LogP contribution in [-0.2, 0) is 16.4 Å². The number of hydrogen-bond acceptors (Lipinski definition) is 3. The van der Waals surface area contributed by atoms with E-state index in [1.807, 2.05) is 12.1 Å². The summed E-state index contributed by atoms with van der Waals surface area (Å²) in [7, 11) is 3.44. The predicted molar refractivity (Wildman–Crippen MR) is 213 cm³/mol. The van der Waals surface area contributed by atoms with Gasteiger partial charge in [-0.25, -0.2) is 0 Å². The van der Waals surface area contributed by atoms with Crippen LogP contribution in [0.25, 0.3) is 49.9 Å². The maximum Gasteiger partial charge on any atom is 0.178 e. The molecule has 3 aliphatic rings. The van der Waals surface area contributed by atoms with Gasteiger partial charge in [-0.3, -0.25) is 0 Å². The highest BCUT2D eigenvalue weighted by molar-refractivity contribution is 6.09. The van der Waals surface area contributed by atoms with E-state index in [0.717, 1.165) is 39.3 Å². The molecule has 52 heavy (non-hydrogen) atoms. The molecule has 2 aliphatic carbocycles. The minimum atomic E-state index is -0.913. The molecule has 0 amide bonds. The summed E-state index contributed by atoms with van der Waals surface area (Å²) in [6, 6.07) is 44.0. The van der Waals surface area contributed by atoms with E-state index in [1.54, 1.807) is 14.2 Å². The Morgan fingerprint density at radius 2 is 1.19 bits per heavy atom. The lowest BCUT2D eigenvalue weighted by Crippen LogP contribution is -2.35. The third-order valence-corrected chi connectivity index (χ3v) is 12.2. The summed E-state index contributed by atoms with van der Waals surface area (Å²) in [5.74, 6) is 2.49. The van der Waals surface area contributed by atoms with Gasteiger partial charge in [0.15, 0.2) is 5.60 Å². The summed E-state index contributed by atoms with van der Waals surface area (Å²) < 4.78 is 19.1. The molecule has 3 nitrogen and oxygen atoms in total. The molecule has 1 atom stereocenters. The van der Waals surface area contributed by atoms with E-state index in [0.29, 0.717) is 0 Å². The zero-order valence-corrected chi connectivity index (χ0v) is 30.4. The second-order valence-corrected chi connectivity index (χ2v) is 15.6. The number of ether oxygens (including phenoxy) is 3. The Labute approximate surface area is 305 Å². The quantitative estimate of drug-likeness (QED) is 0.186. The van der Waals surface area contributed by atoms with Crippen molar-refractivity contribution in [3.63, 3.8) is 0 Å². The first-order valence-corrected chi connectivity index (χ1v) is 18.2. The summed E-state index contributed by atoms with van der Waals surface area (Å²) in [4.78, 5) is 0. The smallest absolute Gasteiger partial charge is 0.178 e. The summed E-state index contributed by atoms with van der Waals surface area (Å²) >= 11 is 0. The fourth-order valence-electron chi connectivity index (χ4n) is 9.53. The van der Waals surface area contributed by atoms with Gasteiger partial charge in [-0.1, -0.05) is 107 Å². The Balaban J connectivity index is 1.24. The fourth-order valence-corrected chi connectivity index (χ4v) is 9.53. The molecule has 0 fully saturated rings. The SMILES string of the molecule is COc1ccc(C2(c3ccc4c(c3)C(C)(C)c3cc5ccccc5cc3-4)C=Cc3c4c(c5ccc(OC)cc5c3O2)-c2ccccc2C4(C)C)cc1. The molecule has 0 radical (unpaired) electrons. The van der Waals surface area contributed by atoms with Gasteiger partial charge in [-0.15, -0.1) is 0 Å². The van der Waals surface area contributed by atoms with Gasteiger partial charge in [0.1, 0.15) is 17.2 Å². The lowest BCUT2D eigenvalue weighted by atomic mass is 9.75. The Morgan fingerprint density at radius 3 is 1.96 bits per heavy atom. The maximum atomic E-state index is 7.68. The summed E-state index contributed by atoms with van der Waals surface area (Å²) in [6.07, 6.45) is 4.61. The van der Waals surface area contributed by atoms with Crippen molar-refractivity contribution in [1.82, 2.24) is 0 Å². The summed E-state index contributed by atoms with van der Waals surface area (Å²) in [6.45, 7) is 9.39. The van der Waals surface area contributed by atoms with Gasteiger partial charge in [-0.05, 0) is 115 Å². The molecule has 10 rings (SSSR count). The zero-order valence-electron chi connectivity index (χ0n) is 30.4. The second kappa shape index (κ2) is 10.6. The van der Waals surface area contributed by atoms with Gasteiger partial charge in [0.05, 0.1) is 14.2 Å². The molecule has 1 heterocycles. The van der Waals surface area contributed by atoms with Crippen molar-refractivity contribution in [2.24, 2.45) is 0 Å². The maximum absolute atomic E-state index is 7.68. The van der Waals surface area contributed by atoms with Crippen LogP contribution < -0.4 is 14.2 Å². The van der Waals surface area contributed by atoms with Crippen LogP contribution in [0.5, 0.6) is 17.2 Å². The third-order valence-electron chi connectivity index (χ3n) is 12.2. The van der Waals surface area contributed by atoms with Crippen molar-refractivity contribution in [2.75, 3.05) is 14.2 Å². The lowest BCUT2D eigenvalue weighted by Gasteiger charge is -2.39. The van der Waals surface area contributed by atoms with E-state index in [-0.39, 0.29) is 10.8 Å². The van der Waals surface area contributed by atoms with Crippen molar-refractivity contribution in [3.8, 4) is 39.5 Å². The molecule has 0 spiro atoms. The van der Waals surface area contributed by atoms with Crippen LogP contribution in [0.15, 0.2) is 127 Å². The predicted octanol–water partition coefficient (Wildman–Crippen LogP) is 12.0. The van der Waals surface area contributed by atoms with Crippen LogP contribution >= 0.6 is 0 Å². The number of methoxy groups -OCH3 is 2. The monoisotopic (exact) mass is 676 g/mol. The topological polar surface area (TPSA) is 27.7 Å². The minimum absolute atomic E-state index is 0.196. The first kappa shape index (κ1) is 31.0. The zero-order chi connectivity index (χ0) is 35.6. The van der Waals surface area contributed by atoms with E-state index < -0.39 is 5.60 Å². The van der Waals surface area contributed by atoms with E-state index in [4.69, 9.17) is 14.2 Å². The van der Waals surface area contributed by atoms with E-state index in [9.17, 15) is 0 Å². The molecule has 7 aromatic carbocycles. The fraction of sp³-hybridized carbons (Fsp3) is 0.184. The average molecular weight is 677 g/mol. The first-order chi connectivity index (χ1) is 25.2. The molecule has 0 saturated heterocycles. The molecule has 1 aliphatic heterocycles. The number of hydrogen-bond donors (Lipinski definition) is 0. The molecular formula is C49H40O3. The largest absolute Gasteiger partial charge is 0.497 e. The average Bonchev–Trinajstić information content (AvgIpc) is 3.55. The highest BCUT2D eigenvalue weighted by atomic mass is 16.5. The summed E-state index contributed by atoms with van der Waals surface area (Å²) in [5.41, 5.74) is 12.4. The van der Waals surface area contributed by atoms with Crippen molar-refractivity contribution < 1.29 is 14.2 Å². The third kappa shape index (κ3) is 4.02. The number of benzene rings is 7. The van der Waals surface area contributed by atoms with Crippen LogP contribution in [0.3, 0.4) is 0 Å². The van der Waals surface area contributed by atoms with Gasteiger partial charge in [0, 0.05) is 32.9 Å². The molecule has 0 saturated carbocycles. The van der Waals surface area contributed by atoms with Crippen LogP contribution in [0.2, 0.25) is 0 Å². The Morgan fingerprint density at radius 1 is 0.519 bits per heavy atom. The van der Waals surface area contributed by atoms with Crippen molar-refractivity contribution >= 4 is 27.6 Å². The van der Waals surface area contributed by atoms with Crippen molar-refractivity contribution in [3.05, 3.63) is 166 Å². The Bertz CT molecular complexity index is 2680. The van der Waals surface area contributed by atoms with E-state index >= 15 is 0 Å². The van der Waals surface area contributed by atoms with Gasteiger partial charge in [0.25, 0.3) is 0 Å². The number of rotatable bonds is 4. The van der Waals surface area contributed by atoms with E-state index in [2.05, 4.69) is 149 Å². The molecule has 1 unspecified atom stereocenters. The number of fused-ring (bicyclic) bond motifs is 12. The van der Waals surface area contributed by atoms with Crippen LogP contribution in [-0.4, -0.2) is 14.2 Å². The molecule has 0 aromatic heterocycles. The van der Waals surface area contributed by atoms with Gasteiger partial charge in [-0.2, -0.15) is 0 Å². The molecule has 254 valence electrons. The Hall–Kier alpha value is -5.80. The first-order valence-electron chi connectivity index (χ1n) is 18.2. The molecular weight excluding hydrogens is 637 g/mol.